The van der Waals surface area contributed by atoms with Gasteiger partial charge in [-0.25, -0.2) is 13.1 Å². The molecule has 0 aliphatic heterocycles. The number of fused-ring (bicyclic) bond motifs is 1. The largest absolute Gasteiger partial charge is 0.240 e. The van der Waals surface area contributed by atoms with E-state index in [-0.39, 0.29) is 0 Å². The van der Waals surface area contributed by atoms with Gasteiger partial charge in [0.1, 0.15) is 0 Å². The highest BCUT2D eigenvalue weighted by atomic mass is 32.2. The van der Waals surface area contributed by atoms with E-state index in [0.717, 1.165) is 24.8 Å². The van der Waals surface area contributed by atoms with Gasteiger partial charge in [-0.1, -0.05) is 67.8 Å². The summed E-state index contributed by atoms with van der Waals surface area (Å²) in [6.45, 7) is 4.64. The van der Waals surface area contributed by atoms with Gasteiger partial charge >= 0.3 is 0 Å². The summed E-state index contributed by atoms with van der Waals surface area (Å²) < 4.78 is 27.7. The second-order valence-corrected chi connectivity index (χ2v) is 10.9. The molecule has 5 heteroatoms. The van der Waals surface area contributed by atoms with Crippen molar-refractivity contribution in [1.29, 1.82) is 0 Å². The van der Waals surface area contributed by atoms with E-state index in [1.165, 1.54) is 28.5 Å². The van der Waals surface area contributed by atoms with Gasteiger partial charge in [0.05, 0.1) is 4.90 Å². The first-order valence-corrected chi connectivity index (χ1v) is 13.1. The summed E-state index contributed by atoms with van der Waals surface area (Å²) in [5.74, 6) is 0. The second-order valence-electron chi connectivity index (χ2n) is 7.74. The Morgan fingerprint density at radius 3 is 2.33 bits per heavy atom. The molecule has 0 aliphatic carbocycles. The number of sulfonamides is 1. The Labute approximate surface area is 185 Å². The minimum absolute atomic E-state index is 0.334. The van der Waals surface area contributed by atoms with Crippen molar-refractivity contribution in [1.82, 2.24) is 4.72 Å². The number of unbranched alkanes of at least 4 members (excludes halogenated alkanes) is 1. The minimum atomic E-state index is -3.43. The molecule has 3 aromatic rings. The fraction of sp³-hybridized carbons (Fsp3) is 0.360. The molecular weight excluding hydrogens is 410 g/mol. The number of hydrogen-bond donors (Lipinski definition) is 1. The number of nitrogens with one attached hydrogen (secondary N) is 1. The fourth-order valence-electron chi connectivity index (χ4n) is 3.46. The average Bonchev–Trinajstić information content (AvgIpc) is 2.75. The molecule has 3 nitrogen and oxygen atoms in total. The Kier molecular flexibility index (Phi) is 8.37. The molecule has 0 aliphatic rings. The SMILES string of the molecule is CCCCC(CCCNS(=O)(=O)c1ccc(C)cc1)Sc1ccc2ccccc2c1. The summed E-state index contributed by atoms with van der Waals surface area (Å²) >= 11 is 1.92. The van der Waals surface area contributed by atoms with Crippen LogP contribution < -0.4 is 4.72 Å². The van der Waals surface area contributed by atoms with Crippen LogP contribution >= 0.6 is 11.8 Å². The number of hydrogen-bond acceptors (Lipinski definition) is 3. The predicted octanol–water partition coefficient (Wildman–Crippen LogP) is 6.56. The molecule has 0 saturated heterocycles. The molecular formula is C25H31NO2S2. The lowest BCUT2D eigenvalue weighted by Gasteiger charge is -2.17. The summed E-state index contributed by atoms with van der Waals surface area (Å²) in [7, 11) is -3.43. The van der Waals surface area contributed by atoms with E-state index in [4.69, 9.17) is 0 Å². The van der Waals surface area contributed by atoms with Crippen molar-refractivity contribution < 1.29 is 8.42 Å². The van der Waals surface area contributed by atoms with E-state index in [1.807, 2.05) is 30.8 Å². The van der Waals surface area contributed by atoms with Crippen molar-refractivity contribution in [2.24, 2.45) is 0 Å². The highest BCUT2D eigenvalue weighted by Crippen LogP contribution is 2.31. The third-order valence-corrected chi connectivity index (χ3v) is 8.04. The maximum absolute atomic E-state index is 12.5. The summed E-state index contributed by atoms with van der Waals surface area (Å²) in [6.07, 6.45) is 5.35. The fourth-order valence-corrected chi connectivity index (χ4v) is 5.83. The zero-order valence-corrected chi connectivity index (χ0v) is 19.4. The van der Waals surface area contributed by atoms with Crippen molar-refractivity contribution >= 4 is 32.6 Å². The third kappa shape index (κ3) is 6.59. The summed E-state index contributed by atoms with van der Waals surface area (Å²) in [5, 5.41) is 3.02. The Hall–Kier alpha value is -1.82. The maximum atomic E-state index is 12.5. The lowest BCUT2D eigenvalue weighted by molar-refractivity contribution is 0.570. The Bertz CT molecular complexity index is 1050. The van der Waals surface area contributed by atoms with Crippen molar-refractivity contribution in [2.45, 2.75) is 61.0 Å². The molecule has 0 fully saturated rings. The van der Waals surface area contributed by atoms with E-state index in [1.54, 1.807) is 12.1 Å². The van der Waals surface area contributed by atoms with Crippen molar-refractivity contribution in [3.63, 3.8) is 0 Å². The molecule has 0 amide bonds. The van der Waals surface area contributed by atoms with Crippen LogP contribution in [0.1, 0.15) is 44.6 Å². The zero-order chi connectivity index (χ0) is 21.4. The number of benzene rings is 3. The number of thioether (sulfide) groups is 1. The van der Waals surface area contributed by atoms with E-state index < -0.39 is 10.0 Å². The lowest BCUT2D eigenvalue weighted by Crippen LogP contribution is -2.25. The van der Waals surface area contributed by atoms with Gasteiger partial charge in [-0.3, -0.25) is 0 Å². The smallest absolute Gasteiger partial charge is 0.211 e. The van der Waals surface area contributed by atoms with E-state index in [0.29, 0.717) is 16.7 Å². The first-order chi connectivity index (χ1) is 14.5. The van der Waals surface area contributed by atoms with Gasteiger partial charge in [0.15, 0.2) is 0 Å². The molecule has 160 valence electrons. The molecule has 0 bridgehead atoms. The van der Waals surface area contributed by atoms with Crippen LogP contribution in [0.2, 0.25) is 0 Å². The standard InChI is InChI=1S/C25H31NO2S2/c1-3-4-10-23(29-24-15-14-21-8-5-6-9-22(21)19-24)11-7-18-26-30(27,28)25-16-12-20(2)13-17-25/h5-6,8-9,12-17,19,23,26H,3-4,7,10-11,18H2,1-2H3. The lowest BCUT2D eigenvalue weighted by atomic mass is 10.1. The molecule has 3 aromatic carbocycles. The van der Waals surface area contributed by atoms with Crippen molar-refractivity contribution in [3.8, 4) is 0 Å². The molecule has 0 aromatic heterocycles. The van der Waals surface area contributed by atoms with Gasteiger partial charge in [0.25, 0.3) is 0 Å². The summed E-state index contributed by atoms with van der Waals surface area (Å²) in [4.78, 5) is 1.62. The quantitative estimate of drug-likeness (QED) is 0.271. The van der Waals surface area contributed by atoms with Crippen molar-refractivity contribution in [2.75, 3.05) is 6.54 Å². The third-order valence-electron chi connectivity index (χ3n) is 5.23. The monoisotopic (exact) mass is 441 g/mol. The summed E-state index contributed by atoms with van der Waals surface area (Å²) in [6, 6.07) is 22.1. The Morgan fingerprint density at radius 2 is 1.60 bits per heavy atom. The van der Waals surface area contributed by atoms with E-state index >= 15 is 0 Å². The van der Waals surface area contributed by atoms with Gasteiger partial charge < -0.3 is 0 Å². The highest BCUT2D eigenvalue weighted by molar-refractivity contribution is 8.00. The van der Waals surface area contributed by atoms with Gasteiger partial charge in [-0.2, -0.15) is 0 Å². The molecule has 30 heavy (non-hydrogen) atoms. The van der Waals surface area contributed by atoms with Crippen LogP contribution in [0.15, 0.2) is 76.5 Å². The normalized spacial score (nSPS) is 12.9. The van der Waals surface area contributed by atoms with Crippen LogP contribution in [0, 0.1) is 6.92 Å². The van der Waals surface area contributed by atoms with E-state index in [2.05, 4.69) is 54.1 Å². The molecule has 1 unspecified atom stereocenters. The molecule has 3 rings (SSSR count). The average molecular weight is 442 g/mol. The highest BCUT2D eigenvalue weighted by Gasteiger charge is 2.15. The molecule has 0 heterocycles. The van der Waals surface area contributed by atoms with Gasteiger partial charge in [0.2, 0.25) is 10.0 Å². The zero-order valence-electron chi connectivity index (χ0n) is 17.8. The van der Waals surface area contributed by atoms with Gasteiger partial charge in [-0.15, -0.1) is 11.8 Å². The van der Waals surface area contributed by atoms with Gasteiger partial charge in [-0.05, 0) is 61.2 Å². The Morgan fingerprint density at radius 1 is 0.900 bits per heavy atom. The first-order valence-electron chi connectivity index (χ1n) is 10.7. The number of rotatable bonds is 11. The Balaban J connectivity index is 1.55. The first kappa shape index (κ1) is 22.9. The molecule has 1 N–H and O–H groups in total. The molecule has 0 saturated carbocycles. The van der Waals surface area contributed by atoms with Crippen LogP contribution in [-0.4, -0.2) is 20.2 Å². The molecule has 0 radical (unpaired) electrons. The minimum Gasteiger partial charge on any atom is -0.211 e. The second kappa shape index (κ2) is 11.0. The van der Waals surface area contributed by atoms with Crippen molar-refractivity contribution in [3.05, 3.63) is 72.3 Å². The maximum Gasteiger partial charge on any atom is 0.240 e. The van der Waals surface area contributed by atoms with E-state index in [9.17, 15) is 8.42 Å². The number of aryl methyl sites for hydroxylation is 1. The topological polar surface area (TPSA) is 46.2 Å². The predicted molar refractivity (Wildman–Crippen MR) is 129 cm³/mol. The van der Waals surface area contributed by atoms with Crippen LogP contribution in [0.4, 0.5) is 0 Å². The van der Waals surface area contributed by atoms with Crippen LogP contribution in [0.3, 0.4) is 0 Å². The van der Waals surface area contributed by atoms with Crippen LogP contribution in [0.25, 0.3) is 10.8 Å². The summed E-state index contributed by atoms with van der Waals surface area (Å²) in [5.41, 5.74) is 1.05. The van der Waals surface area contributed by atoms with Crippen LogP contribution in [-0.2, 0) is 10.0 Å². The molecule has 0 spiro atoms. The van der Waals surface area contributed by atoms with Gasteiger partial charge in [0, 0.05) is 16.7 Å². The molecule has 1 atom stereocenters. The van der Waals surface area contributed by atoms with Crippen LogP contribution in [0.5, 0.6) is 0 Å².